The molecule has 0 aromatic heterocycles. The van der Waals surface area contributed by atoms with Crippen molar-refractivity contribution in [1.82, 2.24) is 0 Å². The minimum Gasteiger partial charge on any atom is -0.388 e. The summed E-state index contributed by atoms with van der Waals surface area (Å²) in [7, 11) is 0. The summed E-state index contributed by atoms with van der Waals surface area (Å²) >= 11 is 0. The van der Waals surface area contributed by atoms with Gasteiger partial charge in [-0.05, 0) is 31.7 Å². The monoisotopic (exact) mass is 275 g/mol. The second-order valence-corrected chi connectivity index (χ2v) is 5.62. The van der Waals surface area contributed by atoms with Gasteiger partial charge in [0.25, 0.3) is 0 Å². The number of aliphatic hydroxyl groups is 1. The molecule has 20 heavy (non-hydrogen) atoms. The molecule has 1 aromatic rings. The van der Waals surface area contributed by atoms with Crippen LogP contribution in [0.15, 0.2) is 24.3 Å². The Morgan fingerprint density at radius 1 is 1.25 bits per heavy atom. The Balaban J connectivity index is 1.88. The van der Waals surface area contributed by atoms with Crippen LogP contribution in [0, 0.1) is 5.92 Å². The summed E-state index contributed by atoms with van der Waals surface area (Å²) in [5.41, 5.74) is 1.74. The largest absolute Gasteiger partial charge is 0.388 e. The lowest BCUT2D eigenvalue weighted by Gasteiger charge is -2.29. The van der Waals surface area contributed by atoms with E-state index in [-0.39, 0.29) is 11.8 Å². The van der Waals surface area contributed by atoms with Crippen molar-refractivity contribution in [3.05, 3.63) is 29.8 Å². The summed E-state index contributed by atoms with van der Waals surface area (Å²) < 4.78 is 5.44. The lowest BCUT2D eigenvalue weighted by Crippen LogP contribution is -2.40. The first kappa shape index (κ1) is 13.6. The number of aliphatic hydroxyl groups excluding tert-OH is 1. The number of amides is 1. The molecule has 2 atom stereocenters. The van der Waals surface area contributed by atoms with Crippen LogP contribution >= 0.6 is 0 Å². The summed E-state index contributed by atoms with van der Waals surface area (Å²) in [5.74, 6) is 0.110. The van der Waals surface area contributed by atoms with E-state index in [1.807, 2.05) is 29.2 Å². The first-order valence-electron chi connectivity index (χ1n) is 7.43. The molecular formula is C16H21NO3. The lowest BCUT2D eigenvalue weighted by atomic mass is 9.99. The van der Waals surface area contributed by atoms with Gasteiger partial charge in [0.05, 0.1) is 18.6 Å². The predicted octanol–water partition coefficient (Wildman–Crippen LogP) is 2.27. The van der Waals surface area contributed by atoms with Gasteiger partial charge in [-0.1, -0.05) is 18.2 Å². The minimum atomic E-state index is -0.466. The zero-order valence-corrected chi connectivity index (χ0v) is 11.6. The van der Waals surface area contributed by atoms with Crippen molar-refractivity contribution in [2.75, 3.05) is 24.7 Å². The van der Waals surface area contributed by atoms with Crippen LogP contribution in [-0.2, 0) is 9.53 Å². The van der Waals surface area contributed by atoms with Gasteiger partial charge in [0.1, 0.15) is 0 Å². The maximum absolute atomic E-state index is 12.7. The number of rotatable bonds is 1. The van der Waals surface area contributed by atoms with E-state index in [2.05, 4.69) is 0 Å². The number of nitrogens with zero attached hydrogens (tertiary/aromatic N) is 1. The second-order valence-electron chi connectivity index (χ2n) is 5.62. The summed E-state index contributed by atoms with van der Waals surface area (Å²) in [6.45, 7) is 1.97. The first-order chi connectivity index (χ1) is 9.77. The van der Waals surface area contributed by atoms with Gasteiger partial charge in [0.15, 0.2) is 0 Å². The van der Waals surface area contributed by atoms with Crippen molar-refractivity contribution >= 4 is 11.6 Å². The normalized spacial score (nSPS) is 26.8. The van der Waals surface area contributed by atoms with E-state index in [0.29, 0.717) is 19.6 Å². The smallest absolute Gasteiger partial charge is 0.232 e. The third-order valence-corrected chi connectivity index (χ3v) is 4.22. The van der Waals surface area contributed by atoms with Crippen LogP contribution in [-0.4, -0.2) is 30.8 Å². The Hall–Kier alpha value is -1.39. The van der Waals surface area contributed by atoms with Crippen LogP contribution in [0.4, 0.5) is 5.69 Å². The van der Waals surface area contributed by atoms with Crippen LogP contribution in [0.3, 0.4) is 0 Å². The Morgan fingerprint density at radius 3 is 2.90 bits per heavy atom. The molecule has 4 heteroatoms. The quantitative estimate of drug-likeness (QED) is 0.855. The van der Waals surface area contributed by atoms with Crippen LogP contribution in [0.2, 0.25) is 0 Å². The highest BCUT2D eigenvalue weighted by Gasteiger charge is 2.30. The highest BCUT2D eigenvalue weighted by molar-refractivity contribution is 5.96. The van der Waals surface area contributed by atoms with E-state index in [1.165, 1.54) is 0 Å². The van der Waals surface area contributed by atoms with E-state index >= 15 is 0 Å². The van der Waals surface area contributed by atoms with E-state index in [9.17, 15) is 9.90 Å². The minimum absolute atomic E-state index is 0.0351. The van der Waals surface area contributed by atoms with Gasteiger partial charge in [-0.15, -0.1) is 0 Å². The molecule has 0 spiro atoms. The number of ether oxygens (including phenoxy) is 1. The summed E-state index contributed by atoms with van der Waals surface area (Å²) in [6.07, 6.45) is 2.93. The van der Waals surface area contributed by atoms with E-state index in [4.69, 9.17) is 4.74 Å². The molecule has 1 aromatic carbocycles. The van der Waals surface area contributed by atoms with Gasteiger partial charge >= 0.3 is 0 Å². The Bertz CT molecular complexity index is 482. The molecule has 0 aliphatic carbocycles. The molecule has 1 fully saturated rings. The summed E-state index contributed by atoms with van der Waals surface area (Å²) in [4.78, 5) is 14.6. The van der Waals surface area contributed by atoms with Gasteiger partial charge in [0.2, 0.25) is 5.91 Å². The molecule has 1 saturated heterocycles. The van der Waals surface area contributed by atoms with Crippen molar-refractivity contribution < 1.29 is 14.6 Å². The fourth-order valence-electron chi connectivity index (χ4n) is 3.12. The molecule has 2 heterocycles. The Morgan fingerprint density at radius 2 is 2.10 bits per heavy atom. The lowest BCUT2D eigenvalue weighted by molar-refractivity contribution is -0.126. The fourth-order valence-corrected chi connectivity index (χ4v) is 3.12. The number of para-hydroxylation sites is 1. The Labute approximate surface area is 119 Å². The molecular weight excluding hydrogens is 254 g/mol. The molecule has 0 saturated carbocycles. The zero-order chi connectivity index (χ0) is 13.9. The predicted molar refractivity (Wildman–Crippen MR) is 76.5 cm³/mol. The van der Waals surface area contributed by atoms with Crippen molar-refractivity contribution in [2.24, 2.45) is 5.92 Å². The molecule has 108 valence electrons. The molecule has 0 radical (unpaired) electrons. The average molecular weight is 275 g/mol. The van der Waals surface area contributed by atoms with Gasteiger partial charge < -0.3 is 14.7 Å². The van der Waals surface area contributed by atoms with Crippen LogP contribution < -0.4 is 4.90 Å². The maximum atomic E-state index is 12.7. The van der Waals surface area contributed by atoms with E-state index < -0.39 is 6.10 Å². The summed E-state index contributed by atoms with van der Waals surface area (Å²) in [5, 5.41) is 10.2. The molecule has 1 N–H and O–H groups in total. The highest BCUT2D eigenvalue weighted by atomic mass is 16.5. The third-order valence-electron chi connectivity index (χ3n) is 4.22. The van der Waals surface area contributed by atoms with Gasteiger partial charge in [-0.25, -0.2) is 0 Å². The number of anilines is 1. The first-order valence-corrected chi connectivity index (χ1v) is 7.43. The number of hydrogen-bond acceptors (Lipinski definition) is 3. The maximum Gasteiger partial charge on any atom is 0.232 e. The van der Waals surface area contributed by atoms with Crippen LogP contribution in [0.1, 0.15) is 37.4 Å². The van der Waals surface area contributed by atoms with Crippen molar-refractivity contribution in [2.45, 2.75) is 31.8 Å². The molecule has 0 bridgehead atoms. The van der Waals surface area contributed by atoms with E-state index in [1.54, 1.807) is 0 Å². The number of carbonyl (C=O) groups excluding carboxylic acids is 1. The van der Waals surface area contributed by atoms with Crippen molar-refractivity contribution in [3.63, 3.8) is 0 Å². The molecule has 1 amide bonds. The van der Waals surface area contributed by atoms with Gasteiger partial charge in [-0.2, -0.15) is 0 Å². The topological polar surface area (TPSA) is 49.8 Å². The van der Waals surface area contributed by atoms with Crippen molar-refractivity contribution in [1.29, 1.82) is 0 Å². The number of fused-ring (bicyclic) bond motifs is 1. The zero-order valence-electron chi connectivity index (χ0n) is 11.6. The molecule has 2 unspecified atom stereocenters. The van der Waals surface area contributed by atoms with Crippen LogP contribution in [0.5, 0.6) is 0 Å². The standard InChI is InChI=1S/C16H21NO3/c18-15-8-3-9-17(14-7-2-1-6-13(14)15)16(19)12-5-4-10-20-11-12/h1-2,6-7,12,15,18H,3-5,8-11H2. The SMILES string of the molecule is O=C(C1CCCOC1)N1CCCC(O)c2ccccc21. The second kappa shape index (κ2) is 5.94. The number of hydrogen-bond donors (Lipinski definition) is 1. The van der Waals surface area contributed by atoms with E-state index in [0.717, 1.165) is 37.1 Å². The number of carbonyl (C=O) groups is 1. The summed E-state index contributed by atoms with van der Waals surface area (Å²) in [6, 6.07) is 7.70. The third kappa shape index (κ3) is 2.58. The number of benzene rings is 1. The van der Waals surface area contributed by atoms with Gasteiger partial charge in [-0.3, -0.25) is 4.79 Å². The fraction of sp³-hybridized carbons (Fsp3) is 0.562. The highest BCUT2D eigenvalue weighted by Crippen LogP contribution is 2.34. The Kier molecular flexibility index (Phi) is 4.03. The molecule has 2 aliphatic heterocycles. The molecule has 3 rings (SSSR count). The average Bonchev–Trinajstić information content (AvgIpc) is 2.67. The molecule has 4 nitrogen and oxygen atoms in total. The molecule has 2 aliphatic rings. The van der Waals surface area contributed by atoms with Gasteiger partial charge in [0, 0.05) is 24.4 Å². The van der Waals surface area contributed by atoms with Crippen molar-refractivity contribution in [3.8, 4) is 0 Å². The van der Waals surface area contributed by atoms with Crippen LogP contribution in [0.25, 0.3) is 0 Å².